The lowest BCUT2D eigenvalue weighted by atomic mass is 10.2. The summed E-state index contributed by atoms with van der Waals surface area (Å²) in [4.78, 5) is 12.4. The Morgan fingerprint density at radius 1 is 1.17 bits per heavy atom. The van der Waals surface area contributed by atoms with Crippen LogP contribution in [0.1, 0.15) is 0 Å². The van der Waals surface area contributed by atoms with E-state index in [9.17, 15) is 0 Å². The van der Waals surface area contributed by atoms with Crippen molar-refractivity contribution in [3.05, 3.63) is 35.8 Å². The van der Waals surface area contributed by atoms with Gasteiger partial charge in [0, 0.05) is 5.56 Å². The van der Waals surface area contributed by atoms with Crippen molar-refractivity contribution >= 4 is 32.6 Å². The van der Waals surface area contributed by atoms with E-state index in [1.807, 2.05) is 35.8 Å². The number of hydrogen-bond acceptors (Lipinski definition) is 6. The molecule has 2 heterocycles. The third-order valence-electron chi connectivity index (χ3n) is 3.74. The molecule has 0 fully saturated rings. The molecule has 24 heavy (non-hydrogen) atoms. The lowest BCUT2D eigenvalue weighted by molar-refractivity contribution is 0.196. The number of fused-ring (bicyclic) bond motifs is 3. The summed E-state index contributed by atoms with van der Waals surface area (Å²) >= 11 is 1.60. The zero-order valence-corrected chi connectivity index (χ0v) is 13.8. The second-order valence-corrected chi connectivity index (χ2v) is 6.07. The van der Waals surface area contributed by atoms with Crippen LogP contribution in [0.5, 0.6) is 11.5 Å². The van der Waals surface area contributed by atoms with E-state index in [0.717, 1.165) is 32.6 Å². The van der Waals surface area contributed by atoms with E-state index >= 15 is 0 Å². The van der Waals surface area contributed by atoms with Gasteiger partial charge in [0.05, 0.1) is 29.4 Å². The van der Waals surface area contributed by atoms with E-state index in [4.69, 9.17) is 19.6 Å². The summed E-state index contributed by atoms with van der Waals surface area (Å²) in [5.41, 5.74) is 5.41. The van der Waals surface area contributed by atoms with Gasteiger partial charge in [-0.3, -0.25) is 0 Å². The number of nitrogens with one attached hydrogen (secondary N) is 1. The minimum atomic E-state index is -0.0557. The summed E-state index contributed by atoms with van der Waals surface area (Å²) in [7, 11) is 1.58. The molecule has 0 unspecified atom stereocenters. The van der Waals surface area contributed by atoms with Gasteiger partial charge in [0.25, 0.3) is 0 Å². The maximum absolute atomic E-state index is 8.96. The standard InChI is InChI=1S/C17H15N3O3S/c1-22-12-4-2-10(8-13(12)23-7-6-21)17-19-11-3-5-14-16(15(11)20-17)18-9-24-14/h2-5,8-9,21H,6-7H2,1H3,(H,19,20). The normalized spacial score (nSPS) is 11.2. The van der Waals surface area contributed by atoms with Gasteiger partial charge in [-0.15, -0.1) is 11.3 Å². The molecule has 2 aromatic heterocycles. The number of aliphatic hydroxyl groups excluding tert-OH is 1. The molecule has 122 valence electrons. The molecular formula is C17H15N3O3S. The molecule has 0 aliphatic carbocycles. The summed E-state index contributed by atoms with van der Waals surface area (Å²) < 4.78 is 12.0. The van der Waals surface area contributed by atoms with Crippen molar-refractivity contribution in [2.75, 3.05) is 20.3 Å². The average molecular weight is 341 g/mol. The third kappa shape index (κ3) is 2.47. The highest BCUT2D eigenvalue weighted by molar-refractivity contribution is 7.16. The van der Waals surface area contributed by atoms with E-state index in [2.05, 4.69) is 9.97 Å². The molecule has 6 nitrogen and oxygen atoms in total. The predicted octanol–water partition coefficient (Wildman–Crippen LogP) is 3.22. The molecule has 4 aromatic rings. The maximum atomic E-state index is 8.96. The molecule has 2 N–H and O–H groups in total. The van der Waals surface area contributed by atoms with Gasteiger partial charge in [-0.2, -0.15) is 0 Å². The van der Waals surface area contributed by atoms with Crippen LogP contribution in [0.2, 0.25) is 0 Å². The number of benzene rings is 2. The highest BCUT2D eigenvalue weighted by atomic mass is 32.1. The first-order chi connectivity index (χ1) is 11.8. The molecule has 0 saturated heterocycles. The molecule has 4 rings (SSSR count). The van der Waals surface area contributed by atoms with Gasteiger partial charge in [-0.05, 0) is 30.3 Å². The van der Waals surface area contributed by atoms with Crippen LogP contribution in [0.4, 0.5) is 0 Å². The van der Waals surface area contributed by atoms with Gasteiger partial charge in [-0.1, -0.05) is 0 Å². The number of imidazole rings is 1. The Hall–Kier alpha value is -2.64. The molecule has 0 spiro atoms. The number of H-pyrrole nitrogens is 1. The van der Waals surface area contributed by atoms with E-state index < -0.39 is 0 Å². The van der Waals surface area contributed by atoms with Crippen LogP contribution in [0, 0.1) is 0 Å². The Labute approximate surface area is 141 Å². The Kier molecular flexibility index (Phi) is 3.79. The lowest BCUT2D eigenvalue weighted by Crippen LogP contribution is -2.03. The SMILES string of the molecule is COc1ccc(-c2nc3c(ccc4scnc43)[nH]2)cc1OCCO. The number of aromatic nitrogens is 3. The first kappa shape index (κ1) is 14.9. The van der Waals surface area contributed by atoms with Gasteiger partial charge in [0.2, 0.25) is 0 Å². The van der Waals surface area contributed by atoms with E-state index in [1.165, 1.54) is 0 Å². The number of rotatable bonds is 5. The predicted molar refractivity (Wildman–Crippen MR) is 93.8 cm³/mol. The summed E-state index contributed by atoms with van der Waals surface area (Å²) in [6, 6.07) is 9.65. The third-order valence-corrected chi connectivity index (χ3v) is 4.53. The lowest BCUT2D eigenvalue weighted by Gasteiger charge is -2.10. The smallest absolute Gasteiger partial charge is 0.162 e. The summed E-state index contributed by atoms with van der Waals surface area (Å²) in [6.07, 6.45) is 0. The Balaban J connectivity index is 1.81. The summed E-state index contributed by atoms with van der Waals surface area (Å²) in [5, 5.41) is 8.96. The van der Waals surface area contributed by atoms with Crippen molar-refractivity contribution in [3.63, 3.8) is 0 Å². The number of thiazole rings is 1. The molecule has 0 bridgehead atoms. The largest absolute Gasteiger partial charge is 0.493 e. The van der Waals surface area contributed by atoms with E-state index in [0.29, 0.717) is 11.5 Å². The number of nitrogens with zero attached hydrogens (tertiary/aromatic N) is 2. The second kappa shape index (κ2) is 6.10. The van der Waals surface area contributed by atoms with Gasteiger partial charge >= 0.3 is 0 Å². The first-order valence-corrected chi connectivity index (χ1v) is 8.32. The minimum Gasteiger partial charge on any atom is -0.493 e. The number of methoxy groups -OCH3 is 1. The molecule has 0 aliphatic rings. The van der Waals surface area contributed by atoms with Gasteiger partial charge < -0.3 is 19.6 Å². The fourth-order valence-corrected chi connectivity index (χ4v) is 3.31. The Bertz CT molecular complexity index is 1010. The van der Waals surface area contributed by atoms with Crippen LogP contribution in [0.25, 0.3) is 32.6 Å². The van der Waals surface area contributed by atoms with Crippen LogP contribution in [0.3, 0.4) is 0 Å². The van der Waals surface area contributed by atoms with Crippen LogP contribution >= 0.6 is 11.3 Å². The molecule has 0 aliphatic heterocycles. The zero-order chi connectivity index (χ0) is 16.5. The van der Waals surface area contributed by atoms with Crippen LogP contribution in [-0.4, -0.2) is 40.4 Å². The van der Waals surface area contributed by atoms with Crippen molar-refractivity contribution in [2.45, 2.75) is 0 Å². The van der Waals surface area contributed by atoms with Gasteiger partial charge in [-0.25, -0.2) is 9.97 Å². The molecule has 2 aromatic carbocycles. The molecule has 7 heteroatoms. The van der Waals surface area contributed by atoms with E-state index in [1.54, 1.807) is 18.4 Å². The number of ether oxygens (including phenoxy) is 2. The summed E-state index contributed by atoms with van der Waals surface area (Å²) in [6.45, 7) is 0.152. The number of hydrogen-bond donors (Lipinski definition) is 2. The van der Waals surface area contributed by atoms with Gasteiger partial charge in [0.1, 0.15) is 23.5 Å². The summed E-state index contributed by atoms with van der Waals surface area (Å²) in [5.74, 6) is 1.93. The maximum Gasteiger partial charge on any atom is 0.162 e. The number of aromatic amines is 1. The number of aliphatic hydroxyl groups is 1. The first-order valence-electron chi connectivity index (χ1n) is 7.44. The van der Waals surface area contributed by atoms with Gasteiger partial charge in [0.15, 0.2) is 11.5 Å². The average Bonchev–Trinajstić information content (AvgIpc) is 3.25. The molecular weight excluding hydrogens is 326 g/mol. The van der Waals surface area contributed by atoms with Crippen LogP contribution in [-0.2, 0) is 0 Å². The van der Waals surface area contributed by atoms with Crippen molar-refractivity contribution < 1.29 is 14.6 Å². The Morgan fingerprint density at radius 3 is 2.92 bits per heavy atom. The zero-order valence-electron chi connectivity index (χ0n) is 12.9. The van der Waals surface area contributed by atoms with Crippen LogP contribution in [0.15, 0.2) is 35.8 Å². The Morgan fingerprint density at radius 2 is 2.08 bits per heavy atom. The monoisotopic (exact) mass is 341 g/mol. The van der Waals surface area contributed by atoms with E-state index in [-0.39, 0.29) is 13.2 Å². The van der Waals surface area contributed by atoms with Crippen LogP contribution < -0.4 is 9.47 Å². The molecule has 0 atom stereocenters. The quantitative estimate of drug-likeness (QED) is 0.582. The van der Waals surface area contributed by atoms with Crippen molar-refractivity contribution in [3.8, 4) is 22.9 Å². The fourth-order valence-electron chi connectivity index (χ4n) is 2.63. The highest BCUT2D eigenvalue weighted by Crippen LogP contribution is 2.33. The highest BCUT2D eigenvalue weighted by Gasteiger charge is 2.13. The fraction of sp³-hybridized carbons (Fsp3) is 0.176. The molecule has 0 radical (unpaired) electrons. The topological polar surface area (TPSA) is 80.3 Å². The van der Waals surface area contributed by atoms with Crippen molar-refractivity contribution in [1.29, 1.82) is 0 Å². The minimum absolute atomic E-state index is 0.0557. The van der Waals surface area contributed by atoms with Crippen molar-refractivity contribution in [2.24, 2.45) is 0 Å². The van der Waals surface area contributed by atoms with Crippen molar-refractivity contribution in [1.82, 2.24) is 15.0 Å². The second-order valence-electron chi connectivity index (χ2n) is 5.18. The molecule has 0 amide bonds. The molecule has 0 saturated carbocycles.